The van der Waals surface area contributed by atoms with E-state index in [2.05, 4.69) is 0 Å². The number of amides is 1. The molecule has 0 saturated carbocycles. The minimum atomic E-state index is -0.957. The van der Waals surface area contributed by atoms with Crippen molar-refractivity contribution in [2.75, 3.05) is 7.05 Å². The van der Waals surface area contributed by atoms with E-state index < -0.39 is 5.97 Å². The molecule has 0 aromatic carbocycles. The van der Waals surface area contributed by atoms with E-state index in [-0.39, 0.29) is 18.7 Å². The fourth-order valence-electron chi connectivity index (χ4n) is 1.32. The number of hydrogen-bond acceptors (Lipinski definition) is 3. The van der Waals surface area contributed by atoms with Crippen LogP contribution >= 0.6 is 0 Å². The lowest BCUT2D eigenvalue weighted by atomic mass is 10.2. The van der Waals surface area contributed by atoms with E-state index in [4.69, 9.17) is 9.52 Å². The largest absolute Gasteiger partial charge is 0.481 e. The summed E-state index contributed by atoms with van der Waals surface area (Å²) in [5.41, 5.74) is 0.936. The SMILES string of the molecule is Cc1occc1CN(C)C(=O)CCC(=O)O. The molecule has 16 heavy (non-hydrogen) atoms. The van der Waals surface area contributed by atoms with Gasteiger partial charge in [0.1, 0.15) is 5.76 Å². The zero-order chi connectivity index (χ0) is 12.1. The Balaban J connectivity index is 2.46. The van der Waals surface area contributed by atoms with E-state index in [0.29, 0.717) is 6.54 Å². The summed E-state index contributed by atoms with van der Waals surface area (Å²) in [4.78, 5) is 23.3. The Labute approximate surface area is 93.7 Å². The highest BCUT2D eigenvalue weighted by Crippen LogP contribution is 2.11. The summed E-state index contributed by atoms with van der Waals surface area (Å²) >= 11 is 0. The van der Waals surface area contributed by atoms with Gasteiger partial charge in [-0.25, -0.2) is 0 Å². The van der Waals surface area contributed by atoms with Crippen LogP contribution in [-0.2, 0) is 16.1 Å². The highest BCUT2D eigenvalue weighted by Gasteiger charge is 2.12. The molecule has 1 aromatic rings. The lowest BCUT2D eigenvalue weighted by Crippen LogP contribution is -2.26. The van der Waals surface area contributed by atoms with Crippen LogP contribution in [0.2, 0.25) is 0 Å². The van der Waals surface area contributed by atoms with Crippen molar-refractivity contribution in [3.63, 3.8) is 0 Å². The molecule has 1 rings (SSSR count). The first-order valence-corrected chi connectivity index (χ1v) is 4.99. The second kappa shape index (κ2) is 5.34. The maximum Gasteiger partial charge on any atom is 0.303 e. The number of rotatable bonds is 5. The molecule has 0 atom stereocenters. The zero-order valence-corrected chi connectivity index (χ0v) is 9.40. The van der Waals surface area contributed by atoms with Crippen molar-refractivity contribution in [3.8, 4) is 0 Å². The first kappa shape index (κ1) is 12.3. The van der Waals surface area contributed by atoms with Crippen LogP contribution in [-0.4, -0.2) is 28.9 Å². The molecule has 0 aliphatic carbocycles. The second-order valence-corrected chi connectivity index (χ2v) is 3.65. The smallest absolute Gasteiger partial charge is 0.303 e. The van der Waals surface area contributed by atoms with Gasteiger partial charge >= 0.3 is 5.97 Å². The van der Waals surface area contributed by atoms with Crippen LogP contribution in [0.5, 0.6) is 0 Å². The molecule has 1 amide bonds. The van der Waals surface area contributed by atoms with Gasteiger partial charge in [-0.05, 0) is 13.0 Å². The van der Waals surface area contributed by atoms with Gasteiger partial charge in [-0.1, -0.05) is 0 Å². The summed E-state index contributed by atoms with van der Waals surface area (Å²) in [6, 6.07) is 1.80. The molecule has 0 unspecified atom stereocenters. The van der Waals surface area contributed by atoms with Crippen molar-refractivity contribution < 1.29 is 19.1 Å². The van der Waals surface area contributed by atoms with Crippen molar-refractivity contribution in [2.24, 2.45) is 0 Å². The Bertz CT molecular complexity index is 383. The van der Waals surface area contributed by atoms with E-state index in [1.54, 1.807) is 19.4 Å². The molecule has 0 aliphatic rings. The van der Waals surface area contributed by atoms with Crippen molar-refractivity contribution in [3.05, 3.63) is 23.7 Å². The monoisotopic (exact) mass is 225 g/mol. The fourth-order valence-corrected chi connectivity index (χ4v) is 1.32. The molecule has 1 heterocycles. The summed E-state index contributed by atoms with van der Waals surface area (Å²) in [5, 5.41) is 8.46. The quantitative estimate of drug-likeness (QED) is 0.822. The van der Waals surface area contributed by atoms with Crippen molar-refractivity contribution in [2.45, 2.75) is 26.3 Å². The molecule has 5 heteroatoms. The van der Waals surface area contributed by atoms with Crippen molar-refractivity contribution in [1.82, 2.24) is 4.90 Å². The van der Waals surface area contributed by atoms with Gasteiger partial charge in [0.2, 0.25) is 5.91 Å². The number of hydrogen-bond donors (Lipinski definition) is 1. The van der Waals surface area contributed by atoms with Gasteiger partial charge in [-0.3, -0.25) is 9.59 Å². The molecule has 88 valence electrons. The zero-order valence-electron chi connectivity index (χ0n) is 9.40. The van der Waals surface area contributed by atoms with Gasteiger partial charge in [-0.15, -0.1) is 0 Å². The van der Waals surface area contributed by atoms with Crippen LogP contribution in [0.1, 0.15) is 24.2 Å². The van der Waals surface area contributed by atoms with Gasteiger partial charge in [0.05, 0.1) is 12.7 Å². The Kier molecular flexibility index (Phi) is 4.10. The topological polar surface area (TPSA) is 70.8 Å². The van der Waals surface area contributed by atoms with E-state index in [9.17, 15) is 9.59 Å². The summed E-state index contributed by atoms with van der Waals surface area (Å²) in [6.45, 7) is 2.27. The number of aryl methyl sites for hydroxylation is 1. The maximum absolute atomic E-state index is 11.5. The lowest BCUT2D eigenvalue weighted by molar-refractivity contribution is -0.140. The van der Waals surface area contributed by atoms with E-state index in [1.807, 2.05) is 6.92 Å². The predicted octanol–water partition coefficient (Wildman–Crippen LogP) is 1.41. The first-order valence-electron chi connectivity index (χ1n) is 4.99. The lowest BCUT2D eigenvalue weighted by Gasteiger charge is -2.16. The van der Waals surface area contributed by atoms with Crippen LogP contribution in [0.25, 0.3) is 0 Å². The summed E-state index contributed by atoms with van der Waals surface area (Å²) < 4.78 is 5.11. The number of carboxylic acid groups (broad SMARTS) is 1. The molecule has 0 bridgehead atoms. The molecule has 0 spiro atoms. The third-order valence-electron chi connectivity index (χ3n) is 2.35. The number of carboxylic acids is 1. The van der Waals surface area contributed by atoms with Crippen molar-refractivity contribution in [1.29, 1.82) is 0 Å². The maximum atomic E-state index is 11.5. The van der Waals surface area contributed by atoms with Crippen LogP contribution in [0, 0.1) is 6.92 Å². The predicted molar refractivity (Wildman–Crippen MR) is 56.8 cm³/mol. The Hall–Kier alpha value is -1.78. The molecule has 1 aromatic heterocycles. The summed E-state index contributed by atoms with van der Waals surface area (Å²) in [7, 11) is 1.65. The normalized spacial score (nSPS) is 10.1. The summed E-state index contributed by atoms with van der Waals surface area (Å²) in [6.07, 6.45) is 1.47. The average molecular weight is 225 g/mol. The van der Waals surface area contributed by atoms with E-state index in [1.165, 1.54) is 4.90 Å². The van der Waals surface area contributed by atoms with E-state index in [0.717, 1.165) is 11.3 Å². The highest BCUT2D eigenvalue weighted by atomic mass is 16.4. The van der Waals surface area contributed by atoms with Crippen LogP contribution in [0.3, 0.4) is 0 Å². The van der Waals surface area contributed by atoms with Gasteiger partial charge in [-0.2, -0.15) is 0 Å². The minimum Gasteiger partial charge on any atom is -0.481 e. The fraction of sp³-hybridized carbons (Fsp3) is 0.455. The molecule has 5 nitrogen and oxygen atoms in total. The molecular weight excluding hydrogens is 210 g/mol. The molecule has 0 fully saturated rings. The Morgan fingerprint density at radius 1 is 1.44 bits per heavy atom. The van der Waals surface area contributed by atoms with Crippen LogP contribution < -0.4 is 0 Å². The second-order valence-electron chi connectivity index (χ2n) is 3.65. The highest BCUT2D eigenvalue weighted by molar-refractivity contribution is 5.80. The van der Waals surface area contributed by atoms with Crippen LogP contribution in [0.15, 0.2) is 16.7 Å². The van der Waals surface area contributed by atoms with Gasteiger partial charge in [0, 0.05) is 25.6 Å². The Morgan fingerprint density at radius 2 is 2.12 bits per heavy atom. The third kappa shape index (κ3) is 3.42. The number of nitrogens with zero attached hydrogens (tertiary/aromatic N) is 1. The van der Waals surface area contributed by atoms with Crippen LogP contribution in [0.4, 0.5) is 0 Å². The van der Waals surface area contributed by atoms with E-state index >= 15 is 0 Å². The standard InChI is InChI=1S/C11H15NO4/c1-8-9(5-6-16-8)7-12(2)10(13)3-4-11(14)15/h5-6H,3-4,7H2,1-2H3,(H,14,15). The molecule has 0 aliphatic heterocycles. The number of carbonyl (C=O) groups is 2. The van der Waals surface area contributed by atoms with Gasteiger partial charge in [0.15, 0.2) is 0 Å². The number of carbonyl (C=O) groups excluding carboxylic acids is 1. The molecule has 1 N–H and O–H groups in total. The first-order chi connectivity index (χ1) is 7.50. The van der Waals surface area contributed by atoms with Gasteiger partial charge in [0.25, 0.3) is 0 Å². The van der Waals surface area contributed by atoms with Gasteiger partial charge < -0.3 is 14.4 Å². The van der Waals surface area contributed by atoms with Crippen molar-refractivity contribution >= 4 is 11.9 Å². The number of furan rings is 1. The minimum absolute atomic E-state index is 0.0305. The molecular formula is C11H15NO4. The third-order valence-corrected chi connectivity index (χ3v) is 2.35. The molecule has 0 radical (unpaired) electrons. The average Bonchev–Trinajstić information content (AvgIpc) is 2.60. The number of aliphatic carboxylic acids is 1. The molecule has 0 saturated heterocycles. The summed E-state index contributed by atoms with van der Waals surface area (Å²) in [5.74, 6) is -0.359. The Morgan fingerprint density at radius 3 is 2.62 bits per heavy atom.